The Labute approximate surface area is 153 Å². The van der Waals surface area contributed by atoms with Gasteiger partial charge in [0.05, 0.1) is 18.4 Å². The van der Waals surface area contributed by atoms with Gasteiger partial charge in [0.1, 0.15) is 5.75 Å². The third kappa shape index (κ3) is 4.14. The number of rotatable bonds is 9. The van der Waals surface area contributed by atoms with Crippen molar-refractivity contribution in [2.75, 3.05) is 20.8 Å². The van der Waals surface area contributed by atoms with Crippen LogP contribution in [0.4, 0.5) is 0 Å². The quantitative estimate of drug-likeness (QED) is 0.445. The number of ether oxygens (including phenoxy) is 2. The molecule has 0 atom stereocenters. The van der Waals surface area contributed by atoms with Gasteiger partial charge in [-0.15, -0.1) is 5.10 Å². The number of nitrogens with zero attached hydrogens (tertiary/aromatic N) is 4. The second-order valence-electron chi connectivity index (χ2n) is 5.31. The number of methoxy groups -OCH3 is 2. The second-order valence-corrected chi connectivity index (χ2v) is 6.25. The summed E-state index contributed by atoms with van der Waals surface area (Å²) in [7, 11) is 3.22. The lowest BCUT2D eigenvalue weighted by molar-refractivity contribution is 0.189. The molecule has 10 heteroatoms. The van der Waals surface area contributed by atoms with Gasteiger partial charge in [-0.2, -0.15) is 4.98 Å². The van der Waals surface area contributed by atoms with Crippen LogP contribution in [-0.2, 0) is 17.0 Å². The fourth-order valence-corrected chi connectivity index (χ4v) is 3.17. The van der Waals surface area contributed by atoms with Crippen LogP contribution in [0.1, 0.15) is 12.3 Å². The van der Waals surface area contributed by atoms with Gasteiger partial charge in [-0.05, 0) is 18.6 Å². The number of H-pyrrole nitrogens is 1. The van der Waals surface area contributed by atoms with Crippen LogP contribution in [0.15, 0.2) is 38.7 Å². The monoisotopic (exact) mass is 377 g/mol. The summed E-state index contributed by atoms with van der Waals surface area (Å²) in [4.78, 5) is 16.2. The van der Waals surface area contributed by atoms with Crippen LogP contribution in [0.3, 0.4) is 0 Å². The minimum Gasteiger partial charge on any atom is -0.496 e. The van der Waals surface area contributed by atoms with E-state index in [-0.39, 0.29) is 5.69 Å². The zero-order valence-electron chi connectivity index (χ0n) is 14.5. The number of hydrogen-bond donors (Lipinski definition) is 1. The summed E-state index contributed by atoms with van der Waals surface area (Å²) in [5.74, 6) is 1.97. The summed E-state index contributed by atoms with van der Waals surface area (Å²) in [5, 5.41) is 11.1. The van der Waals surface area contributed by atoms with Gasteiger partial charge < -0.3 is 14.0 Å². The van der Waals surface area contributed by atoms with Gasteiger partial charge in [0.25, 0.3) is 0 Å². The highest BCUT2D eigenvalue weighted by atomic mass is 32.2. The molecule has 0 saturated carbocycles. The molecule has 26 heavy (non-hydrogen) atoms. The van der Waals surface area contributed by atoms with Crippen molar-refractivity contribution >= 4 is 11.8 Å². The number of hydrogen-bond acceptors (Lipinski definition) is 8. The molecule has 0 aliphatic rings. The molecule has 0 fully saturated rings. The number of para-hydroxylation sites is 1. The van der Waals surface area contributed by atoms with Crippen molar-refractivity contribution in [3.8, 4) is 17.1 Å². The molecule has 2 heterocycles. The van der Waals surface area contributed by atoms with Gasteiger partial charge in [-0.1, -0.05) is 29.1 Å². The first-order valence-corrected chi connectivity index (χ1v) is 8.94. The topological polar surface area (TPSA) is 108 Å². The maximum absolute atomic E-state index is 11.8. The van der Waals surface area contributed by atoms with Crippen molar-refractivity contribution in [1.29, 1.82) is 0 Å². The Balaban J connectivity index is 1.68. The van der Waals surface area contributed by atoms with E-state index in [1.165, 1.54) is 11.8 Å². The molecule has 0 radical (unpaired) electrons. The number of benzene rings is 1. The lowest BCUT2D eigenvalue weighted by Crippen LogP contribution is -2.18. The van der Waals surface area contributed by atoms with Crippen LogP contribution >= 0.6 is 11.8 Å². The lowest BCUT2D eigenvalue weighted by Gasteiger charge is -2.03. The largest absolute Gasteiger partial charge is 0.496 e. The van der Waals surface area contributed by atoms with E-state index in [4.69, 9.17) is 14.0 Å². The molecular weight excluding hydrogens is 358 g/mol. The van der Waals surface area contributed by atoms with Crippen molar-refractivity contribution in [2.24, 2.45) is 0 Å². The van der Waals surface area contributed by atoms with Crippen molar-refractivity contribution in [2.45, 2.75) is 23.9 Å². The standard InChI is InChI=1S/C16H19N5O4S/c1-23-9-5-8-21-15(22)18-19-16(21)26-10-13-17-14(20-25-13)11-6-3-4-7-12(11)24-2/h3-4,6-7H,5,8-10H2,1-2H3,(H,18,22). The molecule has 0 amide bonds. The molecule has 0 aliphatic heterocycles. The highest BCUT2D eigenvalue weighted by Gasteiger charge is 2.15. The first-order chi connectivity index (χ1) is 12.7. The minimum absolute atomic E-state index is 0.246. The molecule has 138 valence electrons. The van der Waals surface area contributed by atoms with E-state index in [0.717, 1.165) is 12.0 Å². The Morgan fingerprint density at radius 2 is 2.15 bits per heavy atom. The van der Waals surface area contributed by atoms with Crippen molar-refractivity contribution in [3.63, 3.8) is 0 Å². The van der Waals surface area contributed by atoms with Crippen LogP contribution in [0.25, 0.3) is 11.4 Å². The zero-order valence-corrected chi connectivity index (χ0v) is 15.3. The second kappa shape index (κ2) is 8.68. The number of aromatic amines is 1. The van der Waals surface area contributed by atoms with Crippen LogP contribution < -0.4 is 10.4 Å². The predicted molar refractivity (Wildman–Crippen MR) is 95.2 cm³/mol. The molecular formula is C16H19N5O4S. The number of nitrogens with one attached hydrogen (secondary N) is 1. The van der Waals surface area contributed by atoms with Gasteiger partial charge in [-0.25, -0.2) is 9.89 Å². The van der Waals surface area contributed by atoms with Gasteiger partial charge in [-0.3, -0.25) is 4.57 Å². The maximum atomic E-state index is 11.8. The first-order valence-electron chi connectivity index (χ1n) is 7.96. The summed E-state index contributed by atoms with van der Waals surface area (Å²) in [6.45, 7) is 1.11. The third-order valence-electron chi connectivity index (χ3n) is 3.59. The van der Waals surface area contributed by atoms with Gasteiger partial charge >= 0.3 is 5.69 Å². The Morgan fingerprint density at radius 1 is 1.31 bits per heavy atom. The summed E-state index contributed by atoms with van der Waals surface area (Å²) >= 11 is 1.35. The molecule has 2 aromatic heterocycles. The van der Waals surface area contributed by atoms with Crippen LogP contribution in [0.5, 0.6) is 5.75 Å². The molecule has 1 N–H and O–H groups in total. The smallest absolute Gasteiger partial charge is 0.343 e. The molecule has 0 saturated heterocycles. The predicted octanol–water partition coefficient (Wildman–Crippen LogP) is 1.96. The van der Waals surface area contributed by atoms with E-state index < -0.39 is 0 Å². The summed E-state index contributed by atoms with van der Waals surface area (Å²) in [5.41, 5.74) is 0.509. The number of aromatic nitrogens is 5. The zero-order chi connectivity index (χ0) is 18.4. The van der Waals surface area contributed by atoms with E-state index in [9.17, 15) is 4.79 Å². The third-order valence-corrected chi connectivity index (χ3v) is 4.56. The Morgan fingerprint density at radius 3 is 2.96 bits per heavy atom. The van der Waals surface area contributed by atoms with E-state index in [1.54, 1.807) is 18.8 Å². The summed E-state index contributed by atoms with van der Waals surface area (Å²) < 4.78 is 17.2. The average molecular weight is 377 g/mol. The highest BCUT2D eigenvalue weighted by molar-refractivity contribution is 7.98. The Kier molecular flexibility index (Phi) is 6.08. The van der Waals surface area contributed by atoms with Gasteiger partial charge in [0, 0.05) is 20.3 Å². The van der Waals surface area contributed by atoms with Crippen LogP contribution in [0.2, 0.25) is 0 Å². The Bertz CT molecular complexity index is 904. The molecule has 0 unspecified atom stereocenters. The van der Waals surface area contributed by atoms with Crippen molar-refractivity contribution < 1.29 is 14.0 Å². The van der Waals surface area contributed by atoms with Gasteiger partial charge in [0.15, 0.2) is 5.16 Å². The molecule has 0 spiro atoms. The fourth-order valence-electron chi connectivity index (χ4n) is 2.36. The molecule has 0 bridgehead atoms. The summed E-state index contributed by atoms with van der Waals surface area (Å²) in [6, 6.07) is 7.45. The molecule has 0 aliphatic carbocycles. The van der Waals surface area contributed by atoms with Crippen LogP contribution in [-0.4, -0.2) is 45.7 Å². The minimum atomic E-state index is -0.246. The van der Waals surface area contributed by atoms with Gasteiger partial charge in [0.2, 0.25) is 11.7 Å². The average Bonchev–Trinajstić information content (AvgIpc) is 3.27. The lowest BCUT2D eigenvalue weighted by atomic mass is 10.2. The SMILES string of the molecule is COCCCn1c(SCc2nc(-c3ccccc3OC)no2)n[nH]c1=O. The molecule has 3 aromatic rings. The number of thioether (sulfide) groups is 1. The van der Waals surface area contributed by atoms with E-state index in [0.29, 0.717) is 41.5 Å². The van der Waals surface area contributed by atoms with Crippen molar-refractivity contribution in [1.82, 2.24) is 24.9 Å². The van der Waals surface area contributed by atoms with E-state index in [2.05, 4.69) is 20.3 Å². The molecule has 3 rings (SSSR count). The maximum Gasteiger partial charge on any atom is 0.343 e. The fraction of sp³-hybridized carbons (Fsp3) is 0.375. The molecule has 1 aromatic carbocycles. The van der Waals surface area contributed by atoms with E-state index >= 15 is 0 Å². The van der Waals surface area contributed by atoms with E-state index in [1.807, 2.05) is 24.3 Å². The normalized spacial score (nSPS) is 11.0. The highest BCUT2D eigenvalue weighted by Crippen LogP contribution is 2.28. The van der Waals surface area contributed by atoms with Crippen molar-refractivity contribution in [3.05, 3.63) is 40.6 Å². The van der Waals surface area contributed by atoms with Crippen LogP contribution in [0, 0.1) is 0 Å². The summed E-state index contributed by atoms with van der Waals surface area (Å²) in [6.07, 6.45) is 0.724. The first kappa shape index (κ1) is 18.2. The Hall–Kier alpha value is -2.59. The molecule has 9 nitrogen and oxygen atoms in total.